The van der Waals surface area contributed by atoms with Gasteiger partial charge in [0.2, 0.25) is 5.91 Å². The zero-order chi connectivity index (χ0) is 11.7. The highest BCUT2D eigenvalue weighted by Crippen LogP contribution is 2.25. The maximum Gasteiger partial charge on any atom is 0.243 e. The first-order valence-corrected chi connectivity index (χ1v) is 6.21. The standard InChI is InChI=1S/C12H15BrN2O/c1-8-5-9(13)7-10(6-8)15-4-2-3-11(14)12(15)16/h5-7,11H,2-4,14H2,1H3. The van der Waals surface area contributed by atoms with E-state index in [0.717, 1.165) is 35.1 Å². The molecule has 4 heteroatoms. The van der Waals surface area contributed by atoms with Crippen molar-refractivity contribution in [3.05, 3.63) is 28.2 Å². The second kappa shape index (κ2) is 4.55. The molecular weight excluding hydrogens is 268 g/mol. The van der Waals surface area contributed by atoms with Crippen molar-refractivity contribution in [2.75, 3.05) is 11.4 Å². The van der Waals surface area contributed by atoms with Crippen molar-refractivity contribution in [1.29, 1.82) is 0 Å². The van der Waals surface area contributed by atoms with Crippen molar-refractivity contribution < 1.29 is 4.79 Å². The number of carbonyl (C=O) groups is 1. The molecule has 1 amide bonds. The van der Waals surface area contributed by atoms with Gasteiger partial charge in [-0.15, -0.1) is 0 Å². The zero-order valence-corrected chi connectivity index (χ0v) is 10.8. The van der Waals surface area contributed by atoms with Crippen LogP contribution in [-0.2, 0) is 4.79 Å². The smallest absolute Gasteiger partial charge is 0.243 e. The number of piperidine rings is 1. The van der Waals surface area contributed by atoms with E-state index in [-0.39, 0.29) is 11.9 Å². The molecule has 1 aromatic carbocycles. The summed E-state index contributed by atoms with van der Waals surface area (Å²) in [6.45, 7) is 2.78. The van der Waals surface area contributed by atoms with Gasteiger partial charge in [-0.1, -0.05) is 15.9 Å². The van der Waals surface area contributed by atoms with Crippen molar-refractivity contribution in [2.45, 2.75) is 25.8 Å². The number of anilines is 1. The topological polar surface area (TPSA) is 46.3 Å². The van der Waals surface area contributed by atoms with Crippen LogP contribution in [0.4, 0.5) is 5.69 Å². The van der Waals surface area contributed by atoms with Gasteiger partial charge in [-0.25, -0.2) is 0 Å². The molecule has 1 aliphatic heterocycles. The number of nitrogens with zero attached hydrogens (tertiary/aromatic N) is 1. The Morgan fingerprint density at radius 1 is 1.44 bits per heavy atom. The van der Waals surface area contributed by atoms with E-state index in [4.69, 9.17) is 5.73 Å². The number of nitrogens with two attached hydrogens (primary N) is 1. The van der Waals surface area contributed by atoms with Gasteiger partial charge in [0, 0.05) is 16.7 Å². The minimum absolute atomic E-state index is 0.0313. The Bertz CT molecular complexity index is 399. The third-order valence-electron chi connectivity index (χ3n) is 2.82. The molecule has 16 heavy (non-hydrogen) atoms. The molecule has 0 bridgehead atoms. The average molecular weight is 283 g/mol. The van der Waals surface area contributed by atoms with Crippen molar-refractivity contribution in [1.82, 2.24) is 0 Å². The molecule has 1 atom stereocenters. The average Bonchev–Trinajstić information content (AvgIpc) is 2.20. The molecule has 1 fully saturated rings. The lowest BCUT2D eigenvalue weighted by molar-refractivity contribution is -0.120. The second-order valence-corrected chi connectivity index (χ2v) is 5.14. The van der Waals surface area contributed by atoms with Crippen molar-refractivity contribution in [2.24, 2.45) is 5.73 Å². The SMILES string of the molecule is Cc1cc(Br)cc(N2CCCC(N)C2=O)c1. The van der Waals surface area contributed by atoms with Gasteiger partial charge in [-0.3, -0.25) is 4.79 Å². The molecule has 86 valence electrons. The first-order chi connectivity index (χ1) is 7.58. The van der Waals surface area contributed by atoms with Gasteiger partial charge >= 0.3 is 0 Å². The fourth-order valence-corrected chi connectivity index (χ4v) is 2.63. The lowest BCUT2D eigenvalue weighted by atomic mass is 10.0. The van der Waals surface area contributed by atoms with E-state index in [2.05, 4.69) is 15.9 Å². The van der Waals surface area contributed by atoms with Gasteiger partial charge in [0.25, 0.3) is 0 Å². The van der Waals surface area contributed by atoms with Crippen LogP contribution >= 0.6 is 15.9 Å². The highest BCUT2D eigenvalue weighted by Gasteiger charge is 2.26. The second-order valence-electron chi connectivity index (χ2n) is 4.23. The molecule has 0 aliphatic carbocycles. The molecule has 3 nitrogen and oxygen atoms in total. The molecule has 1 unspecified atom stereocenters. The van der Waals surface area contributed by atoms with E-state index < -0.39 is 0 Å². The molecular formula is C12H15BrN2O. The summed E-state index contributed by atoms with van der Waals surface area (Å²) < 4.78 is 0.995. The van der Waals surface area contributed by atoms with Crippen LogP contribution in [-0.4, -0.2) is 18.5 Å². The molecule has 0 radical (unpaired) electrons. The van der Waals surface area contributed by atoms with Crippen molar-refractivity contribution in [3.8, 4) is 0 Å². The number of rotatable bonds is 1. The molecule has 0 aromatic heterocycles. The molecule has 1 heterocycles. The summed E-state index contributed by atoms with van der Waals surface area (Å²) in [5, 5.41) is 0. The molecule has 1 aliphatic rings. The largest absolute Gasteiger partial charge is 0.320 e. The molecule has 1 aromatic rings. The number of hydrogen-bond acceptors (Lipinski definition) is 2. The predicted molar refractivity (Wildman–Crippen MR) is 68.4 cm³/mol. The number of amides is 1. The van der Waals surface area contributed by atoms with E-state index in [1.807, 2.05) is 25.1 Å². The quantitative estimate of drug-likeness (QED) is 0.859. The van der Waals surface area contributed by atoms with Gasteiger partial charge in [0.15, 0.2) is 0 Å². The third kappa shape index (κ3) is 2.28. The zero-order valence-electron chi connectivity index (χ0n) is 9.24. The first-order valence-electron chi connectivity index (χ1n) is 5.42. The van der Waals surface area contributed by atoms with Crippen LogP contribution in [0.5, 0.6) is 0 Å². The fourth-order valence-electron chi connectivity index (χ4n) is 2.03. The van der Waals surface area contributed by atoms with Crippen LogP contribution in [0, 0.1) is 6.92 Å². The Morgan fingerprint density at radius 3 is 2.88 bits per heavy atom. The number of carbonyl (C=O) groups excluding carboxylic acids is 1. The molecule has 0 saturated carbocycles. The van der Waals surface area contributed by atoms with Crippen molar-refractivity contribution >= 4 is 27.5 Å². The Morgan fingerprint density at radius 2 is 2.19 bits per heavy atom. The summed E-state index contributed by atoms with van der Waals surface area (Å²) >= 11 is 3.45. The van der Waals surface area contributed by atoms with Gasteiger partial charge in [-0.05, 0) is 43.5 Å². The predicted octanol–water partition coefficient (Wildman–Crippen LogP) is 2.21. The van der Waals surface area contributed by atoms with E-state index in [9.17, 15) is 4.79 Å². The van der Waals surface area contributed by atoms with Crippen LogP contribution in [0.15, 0.2) is 22.7 Å². The van der Waals surface area contributed by atoms with Crippen LogP contribution < -0.4 is 10.6 Å². The summed E-state index contributed by atoms with van der Waals surface area (Å²) in [6, 6.07) is 5.66. The highest BCUT2D eigenvalue weighted by atomic mass is 79.9. The maximum atomic E-state index is 11.9. The maximum absolute atomic E-state index is 11.9. The van der Waals surface area contributed by atoms with Crippen molar-refractivity contribution in [3.63, 3.8) is 0 Å². The molecule has 2 N–H and O–H groups in total. The minimum Gasteiger partial charge on any atom is -0.320 e. The van der Waals surface area contributed by atoms with Crippen LogP contribution in [0.1, 0.15) is 18.4 Å². The first kappa shape index (κ1) is 11.6. The lowest BCUT2D eigenvalue weighted by Gasteiger charge is -2.30. The summed E-state index contributed by atoms with van der Waals surface area (Å²) in [4.78, 5) is 13.7. The summed E-state index contributed by atoms with van der Waals surface area (Å²) in [5.41, 5.74) is 7.85. The Kier molecular flexibility index (Phi) is 3.30. The number of benzene rings is 1. The van der Waals surface area contributed by atoms with E-state index in [0.29, 0.717) is 0 Å². The van der Waals surface area contributed by atoms with Gasteiger partial charge in [0.1, 0.15) is 0 Å². The van der Waals surface area contributed by atoms with E-state index in [1.54, 1.807) is 4.90 Å². The van der Waals surface area contributed by atoms with Gasteiger partial charge in [-0.2, -0.15) is 0 Å². The number of hydrogen-bond donors (Lipinski definition) is 1. The van der Waals surface area contributed by atoms with Crippen LogP contribution in [0.2, 0.25) is 0 Å². The Balaban J connectivity index is 2.32. The summed E-state index contributed by atoms with van der Waals surface area (Å²) in [5.74, 6) is 0.0313. The summed E-state index contributed by atoms with van der Waals surface area (Å²) in [6.07, 6.45) is 1.76. The van der Waals surface area contributed by atoms with E-state index >= 15 is 0 Å². The van der Waals surface area contributed by atoms with Crippen LogP contribution in [0.3, 0.4) is 0 Å². The fraction of sp³-hybridized carbons (Fsp3) is 0.417. The lowest BCUT2D eigenvalue weighted by Crippen LogP contribution is -2.48. The normalized spacial score (nSPS) is 21.3. The Labute approximate surface area is 104 Å². The van der Waals surface area contributed by atoms with Gasteiger partial charge < -0.3 is 10.6 Å². The highest BCUT2D eigenvalue weighted by molar-refractivity contribution is 9.10. The number of halogens is 1. The van der Waals surface area contributed by atoms with Gasteiger partial charge in [0.05, 0.1) is 6.04 Å². The Hall–Kier alpha value is -0.870. The monoisotopic (exact) mass is 282 g/mol. The number of aryl methyl sites for hydroxylation is 1. The minimum atomic E-state index is -0.340. The van der Waals surface area contributed by atoms with Crippen LogP contribution in [0.25, 0.3) is 0 Å². The molecule has 0 spiro atoms. The third-order valence-corrected chi connectivity index (χ3v) is 3.28. The molecule has 1 saturated heterocycles. The summed E-state index contributed by atoms with van der Waals surface area (Å²) in [7, 11) is 0. The molecule has 2 rings (SSSR count). The van der Waals surface area contributed by atoms with E-state index in [1.165, 1.54) is 0 Å².